The summed E-state index contributed by atoms with van der Waals surface area (Å²) in [5.74, 6) is -2.24. The van der Waals surface area contributed by atoms with Crippen LogP contribution >= 0.6 is 0 Å². The number of rotatable bonds is 4. The Morgan fingerprint density at radius 3 is 2.50 bits per heavy atom. The van der Waals surface area contributed by atoms with Gasteiger partial charge in [-0.2, -0.15) is 0 Å². The fourth-order valence-corrected chi connectivity index (χ4v) is 0.441. The molecule has 0 aromatic heterocycles. The van der Waals surface area contributed by atoms with Crippen molar-refractivity contribution in [2.75, 3.05) is 7.11 Å². The standard InChI is InChI=1S/C6H12O4/c1-6(9,10-2)4-3-5(7)8/h9H,3-4H2,1-2H3,(H,7,8). The first-order valence-electron chi connectivity index (χ1n) is 2.97. The van der Waals surface area contributed by atoms with Gasteiger partial charge in [0.15, 0.2) is 5.79 Å². The summed E-state index contributed by atoms with van der Waals surface area (Å²) in [6.07, 6.45) is 0.0275. The molecule has 0 bridgehead atoms. The van der Waals surface area contributed by atoms with Crippen LogP contribution < -0.4 is 0 Å². The highest BCUT2D eigenvalue weighted by Gasteiger charge is 2.19. The zero-order valence-corrected chi connectivity index (χ0v) is 6.13. The van der Waals surface area contributed by atoms with Crippen molar-refractivity contribution in [3.05, 3.63) is 0 Å². The maximum Gasteiger partial charge on any atom is 0.303 e. The fraction of sp³-hybridized carbons (Fsp3) is 0.833. The molecule has 0 aliphatic rings. The average molecular weight is 148 g/mol. The van der Waals surface area contributed by atoms with Gasteiger partial charge in [0, 0.05) is 13.5 Å². The molecule has 0 aliphatic heterocycles. The van der Waals surface area contributed by atoms with Crippen LogP contribution in [0.3, 0.4) is 0 Å². The van der Waals surface area contributed by atoms with E-state index in [0.717, 1.165) is 0 Å². The highest BCUT2D eigenvalue weighted by molar-refractivity contribution is 5.66. The van der Waals surface area contributed by atoms with Gasteiger partial charge in [-0.1, -0.05) is 0 Å². The predicted molar refractivity (Wildman–Crippen MR) is 34.5 cm³/mol. The number of carboxylic acids is 1. The van der Waals surface area contributed by atoms with Gasteiger partial charge in [0.2, 0.25) is 0 Å². The van der Waals surface area contributed by atoms with Crippen LogP contribution in [0.5, 0.6) is 0 Å². The number of hydrogen-bond acceptors (Lipinski definition) is 3. The molecule has 10 heavy (non-hydrogen) atoms. The molecule has 0 spiro atoms. The monoisotopic (exact) mass is 148 g/mol. The molecule has 1 atom stereocenters. The highest BCUT2D eigenvalue weighted by Crippen LogP contribution is 2.11. The number of carbonyl (C=O) groups is 1. The molecule has 0 saturated carbocycles. The van der Waals surface area contributed by atoms with Crippen molar-refractivity contribution in [1.29, 1.82) is 0 Å². The lowest BCUT2D eigenvalue weighted by atomic mass is 10.2. The predicted octanol–water partition coefficient (Wildman–Crippen LogP) is 0.206. The van der Waals surface area contributed by atoms with Crippen LogP contribution in [0.15, 0.2) is 0 Å². The largest absolute Gasteiger partial charge is 0.481 e. The number of aliphatic carboxylic acids is 1. The summed E-state index contributed by atoms with van der Waals surface area (Å²) in [5.41, 5.74) is 0. The molecular weight excluding hydrogens is 136 g/mol. The van der Waals surface area contributed by atoms with Crippen molar-refractivity contribution in [2.45, 2.75) is 25.6 Å². The van der Waals surface area contributed by atoms with Gasteiger partial charge < -0.3 is 14.9 Å². The van der Waals surface area contributed by atoms with Gasteiger partial charge in [0.1, 0.15) is 0 Å². The number of ether oxygens (including phenoxy) is 1. The third-order valence-corrected chi connectivity index (χ3v) is 1.24. The van der Waals surface area contributed by atoms with Crippen LogP contribution in [0.25, 0.3) is 0 Å². The minimum atomic E-state index is -1.31. The Kier molecular flexibility index (Phi) is 3.32. The zero-order chi connectivity index (χ0) is 8.20. The molecule has 0 rings (SSSR count). The van der Waals surface area contributed by atoms with Gasteiger partial charge in [0.25, 0.3) is 0 Å². The minimum absolute atomic E-state index is 0.0825. The van der Waals surface area contributed by atoms with Crippen LogP contribution in [0.1, 0.15) is 19.8 Å². The molecular formula is C6H12O4. The van der Waals surface area contributed by atoms with E-state index in [-0.39, 0.29) is 12.8 Å². The molecule has 1 unspecified atom stereocenters. The van der Waals surface area contributed by atoms with Gasteiger partial charge in [-0.15, -0.1) is 0 Å². The zero-order valence-electron chi connectivity index (χ0n) is 6.13. The van der Waals surface area contributed by atoms with Gasteiger partial charge in [-0.3, -0.25) is 4.79 Å². The Labute approximate surface area is 59.4 Å². The van der Waals surface area contributed by atoms with Gasteiger partial charge >= 0.3 is 5.97 Å². The second kappa shape index (κ2) is 3.53. The maximum atomic E-state index is 10.00. The topological polar surface area (TPSA) is 66.8 Å². The summed E-state index contributed by atoms with van der Waals surface area (Å²) in [5, 5.41) is 17.3. The van der Waals surface area contributed by atoms with E-state index in [4.69, 9.17) is 10.2 Å². The van der Waals surface area contributed by atoms with Crippen molar-refractivity contribution in [3.8, 4) is 0 Å². The van der Waals surface area contributed by atoms with E-state index in [9.17, 15) is 4.79 Å². The smallest absolute Gasteiger partial charge is 0.303 e. The molecule has 0 amide bonds. The van der Waals surface area contributed by atoms with E-state index in [1.165, 1.54) is 14.0 Å². The summed E-state index contributed by atoms with van der Waals surface area (Å²) in [6.45, 7) is 1.43. The van der Waals surface area contributed by atoms with Crippen molar-refractivity contribution in [3.63, 3.8) is 0 Å². The molecule has 4 nitrogen and oxygen atoms in total. The van der Waals surface area contributed by atoms with E-state index < -0.39 is 11.8 Å². The first-order valence-corrected chi connectivity index (χ1v) is 2.97. The Morgan fingerprint density at radius 2 is 2.20 bits per heavy atom. The minimum Gasteiger partial charge on any atom is -0.481 e. The van der Waals surface area contributed by atoms with Crippen LogP contribution in [-0.4, -0.2) is 29.1 Å². The van der Waals surface area contributed by atoms with Crippen molar-refractivity contribution in [1.82, 2.24) is 0 Å². The highest BCUT2D eigenvalue weighted by atomic mass is 16.6. The Hall–Kier alpha value is -0.610. The van der Waals surface area contributed by atoms with E-state index >= 15 is 0 Å². The molecule has 0 heterocycles. The quantitative estimate of drug-likeness (QED) is 0.559. The van der Waals surface area contributed by atoms with Crippen LogP contribution in [-0.2, 0) is 9.53 Å². The Morgan fingerprint density at radius 1 is 1.70 bits per heavy atom. The summed E-state index contributed by atoms with van der Waals surface area (Å²) in [6, 6.07) is 0. The van der Waals surface area contributed by atoms with E-state index in [1.54, 1.807) is 0 Å². The second-order valence-corrected chi connectivity index (χ2v) is 2.27. The molecule has 0 aromatic rings. The number of hydrogen-bond donors (Lipinski definition) is 2. The van der Waals surface area contributed by atoms with Crippen LogP contribution in [0, 0.1) is 0 Å². The Balaban J connectivity index is 3.56. The van der Waals surface area contributed by atoms with Gasteiger partial charge in [-0.25, -0.2) is 0 Å². The molecule has 0 aliphatic carbocycles. The van der Waals surface area contributed by atoms with Gasteiger partial charge in [0.05, 0.1) is 6.42 Å². The lowest BCUT2D eigenvalue weighted by molar-refractivity contribution is -0.179. The second-order valence-electron chi connectivity index (χ2n) is 2.27. The van der Waals surface area contributed by atoms with E-state index in [0.29, 0.717) is 0 Å². The molecule has 0 saturated heterocycles. The lowest BCUT2D eigenvalue weighted by Crippen LogP contribution is -2.27. The van der Waals surface area contributed by atoms with E-state index in [2.05, 4.69) is 4.74 Å². The third kappa shape index (κ3) is 4.29. The Bertz CT molecular complexity index is 119. The third-order valence-electron chi connectivity index (χ3n) is 1.24. The first kappa shape index (κ1) is 9.39. The SMILES string of the molecule is COC(C)(O)CCC(=O)O. The van der Waals surface area contributed by atoms with Crippen molar-refractivity contribution >= 4 is 5.97 Å². The normalized spacial score (nSPS) is 16.3. The molecule has 4 heteroatoms. The summed E-state index contributed by atoms with van der Waals surface area (Å²) in [7, 11) is 1.34. The molecule has 0 fully saturated rings. The number of carboxylic acid groups (broad SMARTS) is 1. The summed E-state index contributed by atoms with van der Waals surface area (Å²) < 4.78 is 4.58. The number of methoxy groups -OCH3 is 1. The summed E-state index contributed by atoms with van der Waals surface area (Å²) in [4.78, 5) is 10.00. The number of aliphatic hydroxyl groups is 1. The van der Waals surface area contributed by atoms with Gasteiger partial charge in [-0.05, 0) is 6.92 Å². The molecule has 0 aromatic carbocycles. The fourth-order valence-electron chi connectivity index (χ4n) is 0.441. The average Bonchev–Trinajstić information content (AvgIpc) is 1.85. The first-order chi connectivity index (χ1) is 4.48. The molecule has 60 valence electrons. The van der Waals surface area contributed by atoms with Crippen LogP contribution in [0.4, 0.5) is 0 Å². The molecule has 0 radical (unpaired) electrons. The lowest BCUT2D eigenvalue weighted by Gasteiger charge is -2.19. The van der Waals surface area contributed by atoms with Crippen molar-refractivity contribution < 1.29 is 19.7 Å². The maximum absolute atomic E-state index is 10.00. The molecule has 2 N–H and O–H groups in total. The van der Waals surface area contributed by atoms with Crippen LogP contribution in [0.2, 0.25) is 0 Å². The van der Waals surface area contributed by atoms with E-state index in [1.807, 2.05) is 0 Å². The van der Waals surface area contributed by atoms with Crippen molar-refractivity contribution in [2.24, 2.45) is 0 Å². The summed E-state index contributed by atoms with van der Waals surface area (Å²) >= 11 is 0.